The third kappa shape index (κ3) is 3.85. The summed E-state index contributed by atoms with van der Waals surface area (Å²) in [5, 5.41) is 4.54. The standard InChI is InChI=1S/C17H17N3O3/c21-15(19-20-17(23)12-6-7-12)10-18-16(22)14-8-5-11-3-1-2-4-13(11)9-14/h1-5,8-9,12H,6-7,10H2,(H,18,22)(H,19,21)(H,20,23). The molecule has 0 aliphatic heterocycles. The Morgan fingerprint density at radius 3 is 2.43 bits per heavy atom. The molecule has 0 atom stereocenters. The SMILES string of the molecule is O=C(CNC(=O)c1ccc2ccccc2c1)NNC(=O)C1CC1. The maximum Gasteiger partial charge on any atom is 0.257 e. The maximum atomic E-state index is 12.1. The van der Waals surface area contributed by atoms with Crippen LogP contribution in [0.4, 0.5) is 0 Å². The molecule has 0 spiro atoms. The second-order valence-electron chi connectivity index (χ2n) is 5.56. The molecule has 6 heteroatoms. The van der Waals surface area contributed by atoms with Gasteiger partial charge in [-0.2, -0.15) is 0 Å². The Labute approximate surface area is 133 Å². The Balaban J connectivity index is 1.51. The van der Waals surface area contributed by atoms with Gasteiger partial charge in [-0.05, 0) is 35.7 Å². The molecule has 3 amide bonds. The van der Waals surface area contributed by atoms with E-state index >= 15 is 0 Å². The van der Waals surface area contributed by atoms with Crippen molar-refractivity contribution in [3.8, 4) is 0 Å². The van der Waals surface area contributed by atoms with Gasteiger partial charge < -0.3 is 5.32 Å². The third-order valence-electron chi connectivity index (χ3n) is 3.69. The molecule has 6 nitrogen and oxygen atoms in total. The van der Waals surface area contributed by atoms with Crippen molar-refractivity contribution >= 4 is 28.5 Å². The van der Waals surface area contributed by atoms with Crippen LogP contribution in [0.5, 0.6) is 0 Å². The van der Waals surface area contributed by atoms with E-state index in [0.29, 0.717) is 5.56 Å². The van der Waals surface area contributed by atoms with Crippen molar-refractivity contribution < 1.29 is 14.4 Å². The van der Waals surface area contributed by atoms with Crippen LogP contribution in [-0.2, 0) is 9.59 Å². The number of hydrogen-bond donors (Lipinski definition) is 3. The molecular weight excluding hydrogens is 294 g/mol. The van der Waals surface area contributed by atoms with Gasteiger partial charge in [-0.25, -0.2) is 0 Å². The fraction of sp³-hybridized carbons (Fsp3) is 0.235. The first kappa shape index (κ1) is 15.0. The molecule has 0 radical (unpaired) electrons. The number of amides is 3. The van der Waals surface area contributed by atoms with E-state index < -0.39 is 5.91 Å². The summed E-state index contributed by atoms with van der Waals surface area (Å²) in [6.45, 7) is -0.198. The molecule has 0 bridgehead atoms. The molecule has 23 heavy (non-hydrogen) atoms. The second kappa shape index (κ2) is 6.48. The molecule has 1 saturated carbocycles. The molecular formula is C17H17N3O3. The predicted molar refractivity (Wildman–Crippen MR) is 85.3 cm³/mol. The fourth-order valence-electron chi connectivity index (χ4n) is 2.22. The van der Waals surface area contributed by atoms with Crippen LogP contribution in [0, 0.1) is 5.92 Å². The second-order valence-corrected chi connectivity index (χ2v) is 5.56. The maximum absolute atomic E-state index is 12.1. The summed E-state index contributed by atoms with van der Waals surface area (Å²) in [6, 6.07) is 13.1. The van der Waals surface area contributed by atoms with Crippen LogP contribution in [0.15, 0.2) is 42.5 Å². The molecule has 3 rings (SSSR count). The van der Waals surface area contributed by atoms with Crippen molar-refractivity contribution in [2.75, 3.05) is 6.54 Å². The quantitative estimate of drug-likeness (QED) is 0.740. The van der Waals surface area contributed by atoms with Gasteiger partial charge in [0.1, 0.15) is 0 Å². The number of hydrazine groups is 1. The van der Waals surface area contributed by atoms with Gasteiger partial charge in [-0.1, -0.05) is 30.3 Å². The van der Waals surface area contributed by atoms with Crippen LogP contribution in [0.1, 0.15) is 23.2 Å². The molecule has 0 aromatic heterocycles. The highest BCUT2D eigenvalue weighted by Crippen LogP contribution is 2.28. The van der Waals surface area contributed by atoms with Crippen LogP contribution in [0.2, 0.25) is 0 Å². The minimum atomic E-state index is -0.465. The molecule has 1 aliphatic rings. The monoisotopic (exact) mass is 311 g/mol. The summed E-state index contributed by atoms with van der Waals surface area (Å²) in [4.78, 5) is 35.0. The van der Waals surface area contributed by atoms with Crippen molar-refractivity contribution in [1.29, 1.82) is 0 Å². The zero-order valence-corrected chi connectivity index (χ0v) is 12.5. The fourth-order valence-corrected chi connectivity index (χ4v) is 2.22. The van der Waals surface area contributed by atoms with E-state index in [1.54, 1.807) is 12.1 Å². The van der Waals surface area contributed by atoms with E-state index in [9.17, 15) is 14.4 Å². The minimum absolute atomic E-state index is 0.0162. The summed E-state index contributed by atoms with van der Waals surface area (Å²) in [5.74, 6) is -0.964. The number of fused-ring (bicyclic) bond motifs is 1. The van der Waals surface area contributed by atoms with Crippen LogP contribution >= 0.6 is 0 Å². The van der Waals surface area contributed by atoms with Gasteiger partial charge in [0.25, 0.3) is 11.8 Å². The highest BCUT2D eigenvalue weighted by atomic mass is 16.2. The summed E-state index contributed by atoms with van der Waals surface area (Å²) in [7, 11) is 0. The van der Waals surface area contributed by atoms with Gasteiger partial charge in [0.15, 0.2) is 0 Å². The van der Waals surface area contributed by atoms with Crippen molar-refractivity contribution in [2.24, 2.45) is 5.92 Å². The van der Waals surface area contributed by atoms with Crippen LogP contribution in [0.3, 0.4) is 0 Å². The van der Waals surface area contributed by atoms with E-state index in [-0.39, 0.29) is 24.3 Å². The summed E-state index contributed by atoms with van der Waals surface area (Å²) in [5.41, 5.74) is 5.11. The zero-order chi connectivity index (χ0) is 16.2. The normalized spacial score (nSPS) is 13.4. The molecule has 0 saturated heterocycles. The first-order valence-corrected chi connectivity index (χ1v) is 7.49. The van der Waals surface area contributed by atoms with E-state index in [4.69, 9.17) is 0 Å². The topological polar surface area (TPSA) is 87.3 Å². The molecule has 2 aromatic carbocycles. The average Bonchev–Trinajstić information content (AvgIpc) is 3.42. The van der Waals surface area contributed by atoms with Gasteiger partial charge in [0.05, 0.1) is 6.54 Å². The summed E-state index contributed by atoms with van der Waals surface area (Å²) < 4.78 is 0. The van der Waals surface area contributed by atoms with Gasteiger partial charge in [0, 0.05) is 11.5 Å². The summed E-state index contributed by atoms with van der Waals surface area (Å²) >= 11 is 0. The number of carbonyl (C=O) groups is 3. The van der Waals surface area contributed by atoms with Crippen LogP contribution < -0.4 is 16.2 Å². The predicted octanol–water partition coefficient (Wildman–Crippen LogP) is 1.13. The average molecular weight is 311 g/mol. The van der Waals surface area contributed by atoms with Gasteiger partial charge >= 0.3 is 0 Å². The Morgan fingerprint density at radius 1 is 0.957 bits per heavy atom. The molecule has 118 valence electrons. The smallest absolute Gasteiger partial charge is 0.257 e. The lowest BCUT2D eigenvalue weighted by Gasteiger charge is -2.08. The first-order valence-electron chi connectivity index (χ1n) is 7.49. The minimum Gasteiger partial charge on any atom is -0.343 e. The number of hydrogen-bond acceptors (Lipinski definition) is 3. The van der Waals surface area contributed by atoms with Crippen LogP contribution in [0.25, 0.3) is 10.8 Å². The van der Waals surface area contributed by atoms with Gasteiger partial charge in [0.2, 0.25) is 5.91 Å². The highest BCUT2D eigenvalue weighted by Gasteiger charge is 2.29. The third-order valence-corrected chi connectivity index (χ3v) is 3.69. The molecule has 3 N–H and O–H groups in total. The molecule has 1 aliphatic carbocycles. The van der Waals surface area contributed by atoms with E-state index in [1.807, 2.05) is 30.3 Å². The van der Waals surface area contributed by atoms with Crippen molar-refractivity contribution in [2.45, 2.75) is 12.8 Å². The summed E-state index contributed by atoms with van der Waals surface area (Å²) in [6.07, 6.45) is 1.72. The first-order chi connectivity index (χ1) is 11.1. The molecule has 1 fully saturated rings. The van der Waals surface area contributed by atoms with E-state index in [2.05, 4.69) is 16.2 Å². The number of carbonyl (C=O) groups excluding carboxylic acids is 3. The Morgan fingerprint density at radius 2 is 1.70 bits per heavy atom. The largest absolute Gasteiger partial charge is 0.343 e. The zero-order valence-electron chi connectivity index (χ0n) is 12.5. The highest BCUT2D eigenvalue weighted by molar-refractivity contribution is 6.00. The lowest BCUT2D eigenvalue weighted by Crippen LogP contribution is -2.46. The number of rotatable bonds is 4. The molecule has 2 aromatic rings. The van der Waals surface area contributed by atoms with Crippen molar-refractivity contribution in [3.05, 3.63) is 48.0 Å². The Bertz CT molecular complexity index is 769. The Hall–Kier alpha value is -2.89. The van der Waals surface area contributed by atoms with Crippen molar-refractivity contribution in [3.63, 3.8) is 0 Å². The number of benzene rings is 2. The van der Waals surface area contributed by atoms with E-state index in [1.165, 1.54) is 0 Å². The lowest BCUT2D eigenvalue weighted by atomic mass is 10.1. The molecule has 0 unspecified atom stereocenters. The Kier molecular flexibility index (Phi) is 4.23. The molecule has 0 heterocycles. The van der Waals surface area contributed by atoms with E-state index in [0.717, 1.165) is 23.6 Å². The number of nitrogens with one attached hydrogen (secondary N) is 3. The van der Waals surface area contributed by atoms with Gasteiger partial charge in [-0.15, -0.1) is 0 Å². The van der Waals surface area contributed by atoms with Gasteiger partial charge in [-0.3, -0.25) is 25.2 Å². The van der Waals surface area contributed by atoms with Crippen LogP contribution in [-0.4, -0.2) is 24.3 Å². The van der Waals surface area contributed by atoms with Crippen molar-refractivity contribution in [1.82, 2.24) is 16.2 Å². The lowest BCUT2D eigenvalue weighted by molar-refractivity contribution is -0.129.